The van der Waals surface area contributed by atoms with Crippen LogP contribution in [-0.4, -0.2) is 18.6 Å². The first-order valence-corrected chi connectivity index (χ1v) is 8.74. The maximum atomic E-state index is 3.63. The van der Waals surface area contributed by atoms with Gasteiger partial charge in [0.05, 0.1) is 0 Å². The molecule has 1 fully saturated rings. The predicted molar refractivity (Wildman–Crippen MR) is 96.0 cm³/mol. The van der Waals surface area contributed by atoms with Gasteiger partial charge < -0.3 is 10.2 Å². The third-order valence-electron chi connectivity index (χ3n) is 4.31. The number of hydrogen-bond donors (Lipinski definition) is 1. The molecule has 0 spiro atoms. The Morgan fingerprint density at radius 1 is 1.19 bits per heavy atom. The van der Waals surface area contributed by atoms with E-state index in [2.05, 4.69) is 79.0 Å². The van der Waals surface area contributed by atoms with Gasteiger partial charge in [-0.15, -0.1) is 0 Å². The number of hydrogen-bond acceptors (Lipinski definition) is 2. The van der Waals surface area contributed by atoms with Crippen LogP contribution in [0, 0.1) is 5.41 Å². The molecule has 1 heterocycles. The number of anilines is 1. The van der Waals surface area contributed by atoms with E-state index < -0.39 is 0 Å². The molecule has 0 aromatic heterocycles. The van der Waals surface area contributed by atoms with Gasteiger partial charge in [-0.2, -0.15) is 0 Å². The molecule has 0 amide bonds. The quantitative estimate of drug-likeness (QED) is 0.826. The summed E-state index contributed by atoms with van der Waals surface area (Å²) in [5.41, 5.74) is 3.42. The molecule has 0 saturated carbocycles. The van der Waals surface area contributed by atoms with E-state index in [9.17, 15) is 0 Å². The smallest absolute Gasteiger partial charge is 0.0423 e. The van der Waals surface area contributed by atoms with Crippen LogP contribution in [0.25, 0.3) is 0 Å². The number of benzene rings is 1. The average molecular weight is 353 g/mol. The number of piperidine rings is 1. The van der Waals surface area contributed by atoms with E-state index >= 15 is 0 Å². The highest BCUT2D eigenvalue weighted by Gasteiger charge is 2.26. The van der Waals surface area contributed by atoms with Crippen LogP contribution in [0.4, 0.5) is 5.69 Å². The molecule has 1 aromatic carbocycles. The molecular weight excluding hydrogens is 324 g/mol. The first-order chi connectivity index (χ1) is 9.66. The molecule has 3 heteroatoms. The van der Waals surface area contributed by atoms with Crippen molar-refractivity contribution < 1.29 is 0 Å². The van der Waals surface area contributed by atoms with Crippen molar-refractivity contribution in [3.8, 4) is 0 Å². The minimum atomic E-state index is 0.147. The molecule has 1 saturated heterocycles. The van der Waals surface area contributed by atoms with Crippen LogP contribution in [0.2, 0.25) is 0 Å². The first-order valence-electron chi connectivity index (χ1n) is 7.95. The molecule has 0 unspecified atom stereocenters. The molecule has 21 heavy (non-hydrogen) atoms. The molecule has 0 radical (unpaired) electrons. The van der Waals surface area contributed by atoms with Crippen molar-refractivity contribution >= 4 is 21.6 Å². The minimum absolute atomic E-state index is 0.147. The average Bonchev–Trinajstić information content (AvgIpc) is 2.36. The van der Waals surface area contributed by atoms with Crippen LogP contribution in [0.5, 0.6) is 0 Å². The molecule has 0 bridgehead atoms. The van der Waals surface area contributed by atoms with Gasteiger partial charge in [0.15, 0.2) is 0 Å². The summed E-state index contributed by atoms with van der Waals surface area (Å²) >= 11 is 3.63. The van der Waals surface area contributed by atoms with E-state index in [1.54, 1.807) is 0 Å². The topological polar surface area (TPSA) is 15.3 Å². The van der Waals surface area contributed by atoms with Crippen molar-refractivity contribution in [3.63, 3.8) is 0 Å². The van der Waals surface area contributed by atoms with Crippen LogP contribution in [0.15, 0.2) is 22.7 Å². The monoisotopic (exact) mass is 352 g/mol. The summed E-state index contributed by atoms with van der Waals surface area (Å²) < 4.78 is 1.17. The first kappa shape index (κ1) is 16.8. The Morgan fingerprint density at radius 3 is 2.38 bits per heavy atom. The zero-order chi connectivity index (χ0) is 15.7. The van der Waals surface area contributed by atoms with E-state index in [1.165, 1.54) is 28.6 Å². The van der Waals surface area contributed by atoms with Crippen LogP contribution in [-0.2, 0) is 6.54 Å². The van der Waals surface area contributed by atoms with Crippen molar-refractivity contribution in [3.05, 3.63) is 28.2 Å². The Bertz CT molecular complexity index is 478. The largest absolute Gasteiger partial charge is 0.371 e. The lowest BCUT2D eigenvalue weighted by atomic mass is 9.82. The maximum Gasteiger partial charge on any atom is 0.0423 e. The van der Waals surface area contributed by atoms with Gasteiger partial charge in [-0.05, 0) is 56.7 Å². The van der Waals surface area contributed by atoms with Crippen molar-refractivity contribution in [2.45, 2.75) is 59.5 Å². The van der Waals surface area contributed by atoms with Gasteiger partial charge in [0.1, 0.15) is 0 Å². The Balaban J connectivity index is 2.16. The summed E-state index contributed by atoms with van der Waals surface area (Å²) in [6.45, 7) is 14.7. The van der Waals surface area contributed by atoms with Crippen LogP contribution < -0.4 is 10.2 Å². The standard InChI is InChI=1S/C18H29BrN2/c1-17(2,3)20-13-14-6-7-15(19)12-16(14)21-10-8-18(4,5)9-11-21/h6-7,12,20H,8-11,13H2,1-5H3. The molecule has 0 aliphatic carbocycles. The van der Waals surface area contributed by atoms with Crippen molar-refractivity contribution in [1.82, 2.24) is 5.32 Å². The zero-order valence-electron chi connectivity index (χ0n) is 14.1. The van der Waals surface area contributed by atoms with Crippen LogP contribution in [0.1, 0.15) is 53.0 Å². The van der Waals surface area contributed by atoms with Crippen molar-refractivity contribution in [2.75, 3.05) is 18.0 Å². The highest BCUT2D eigenvalue weighted by Crippen LogP contribution is 2.34. The highest BCUT2D eigenvalue weighted by molar-refractivity contribution is 9.10. The molecule has 1 aliphatic rings. The molecular formula is C18H29BrN2. The summed E-state index contributed by atoms with van der Waals surface area (Å²) in [6.07, 6.45) is 2.54. The van der Waals surface area contributed by atoms with Crippen molar-refractivity contribution in [1.29, 1.82) is 0 Å². The third kappa shape index (κ3) is 5.00. The Morgan fingerprint density at radius 2 is 1.81 bits per heavy atom. The summed E-state index contributed by atoms with van der Waals surface area (Å²) in [6, 6.07) is 6.67. The molecule has 2 rings (SSSR count). The van der Waals surface area contributed by atoms with E-state index in [-0.39, 0.29) is 5.54 Å². The molecule has 1 aliphatic heterocycles. The number of rotatable bonds is 3. The van der Waals surface area contributed by atoms with Gasteiger partial charge in [-0.1, -0.05) is 35.8 Å². The second-order valence-corrected chi connectivity index (χ2v) is 8.94. The number of nitrogens with one attached hydrogen (secondary N) is 1. The lowest BCUT2D eigenvalue weighted by molar-refractivity contribution is 0.279. The number of halogens is 1. The summed E-state index contributed by atoms with van der Waals surface area (Å²) in [5, 5.41) is 3.61. The van der Waals surface area contributed by atoms with E-state index in [0.717, 1.165) is 19.6 Å². The minimum Gasteiger partial charge on any atom is -0.371 e. The van der Waals surface area contributed by atoms with Gasteiger partial charge in [-0.3, -0.25) is 0 Å². The fourth-order valence-corrected chi connectivity index (χ4v) is 3.04. The Hall–Kier alpha value is -0.540. The maximum absolute atomic E-state index is 3.63. The Labute approximate surface area is 138 Å². The van der Waals surface area contributed by atoms with Crippen LogP contribution in [0.3, 0.4) is 0 Å². The van der Waals surface area contributed by atoms with Gasteiger partial charge >= 0.3 is 0 Å². The third-order valence-corrected chi connectivity index (χ3v) is 4.81. The predicted octanol–water partition coefficient (Wildman–Crippen LogP) is 4.96. The summed E-state index contributed by atoms with van der Waals surface area (Å²) in [5.74, 6) is 0. The van der Waals surface area contributed by atoms with Gasteiger partial charge in [0.25, 0.3) is 0 Å². The van der Waals surface area contributed by atoms with E-state index in [4.69, 9.17) is 0 Å². The fourth-order valence-electron chi connectivity index (χ4n) is 2.69. The molecule has 0 atom stereocenters. The lowest BCUT2D eigenvalue weighted by Gasteiger charge is -2.39. The zero-order valence-corrected chi connectivity index (χ0v) is 15.7. The highest BCUT2D eigenvalue weighted by atomic mass is 79.9. The molecule has 118 valence electrons. The molecule has 2 nitrogen and oxygen atoms in total. The normalized spacial score (nSPS) is 18.9. The second kappa shape index (κ2) is 6.29. The van der Waals surface area contributed by atoms with Crippen molar-refractivity contribution in [2.24, 2.45) is 5.41 Å². The van der Waals surface area contributed by atoms with Crippen LogP contribution >= 0.6 is 15.9 Å². The van der Waals surface area contributed by atoms with E-state index in [0.29, 0.717) is 5.41 Å². The van der Waals surface area contributed by atoms with Gasteiger partial charge in [-0.25, -0.2) is 0 Å². The van der Waals surface area contributed by atoms with Gasteiger partial charge in [0, 0.05) is 35.3 Å². The van der Waals surface area contributed by atoms with Gasteiger partial charge in [0.2, 0.25) is 0 Å². The summed E-state index contributed by atoms with van der Waals surface area (Å²) in [7, 11) is 0. The fraction of sp³-hybridized carbons (Fsp3) is 0.667. The Kier molecular flexibility index (Phi) is 5.04. The second-order valence-electron chi connectivity index (χ2n) is 8.03. The lowest BCUT2D eigenvalue weighted by Crippen LogP contribution is -2.39. The molecule has 1 N–H and O–H groups in total. The van der Waals surface area contributed by atoms with E-state index in [1.807, 2.05) is 0 Å². The SMILES string of the molecule is CC1(C)CCN(c2cc(Br)ccc2CNC(C)(C)C)CC1. The summed E-state index contributed by atoms with van der Waals surface area (Å²) in [4.78, 5) is 2.55. The molecule has 1 aromatic rings. The number of nitrogens with zero attached hydrogens (tertiary/aromatic N) is 1.